The predicted octanol–water partition coefficient (Wildman–Crippen LogP) is 2.58. The van der Waals surface area contributed by atoms with Gasteiger partial charge < -0.3 is 10.4 Å². The SMILES string of the molecule is O=C(O)c1ccc(CNC(=O)C(F)(F)F)c(C(F)(F)F)c1. The zero-order valence-electron chi connectivity index (χ0n) is 9.97. The average molecular weight is 315 g/mol. The van der Waals surface area contributed by atoms with Crippen molar-refractivity contribution in [2.24, 2.45) is 0 Å². The van der Waals surface area contributed by atoms with Crippen LogP contribution in [0.4, 0.5) is 26.3 Å². The van der Waals surface area contributed by atoms with E-state index in [9.17, 15) is 35.9 Å². The number of carbonyl (C=O) groups is 2. The van der Waals surface area contributed by atoms with Crippen LogP contribution in [0.5, 0.6) is 0 Å². The molecule has 0 unspecified atom stereocenters. The lowest BCUT2D eigenvalue weighted by Crippen LogP contribution is -2.36. The van der Waals surface area contributed by atoms with Gasteiger partial charge in [-0.15, -0.1) is 0 Å². The largest absolute Gasteiger partial charge is 0.478 e. The second kappa shape index (κ2) is 5.62. The van der Waals surface area contributed by atoms with Gasteiger partial charge in [0.1, 0.15) is 0 Å². The molecule has 4 nitrogen and oxygen atoms in total. The first-order valence-corrected chi connectivity index (χ1v) is 5.21. The van der Waals surface area contributed by atoms with Crippen molar-refractivity contribution in [1.82, 2.24) is 5.32 Å². The molecule has 1 aromatic carbocycles. The van der Waals surface area contributed by atoms with E-state index in [0.717, 1.165) is 6.07 Å². The van der Waals surface area contributed by atoms with Gasteiger partial charge in [0.05, 0.1) is 11.1 Å². The van der Waals surface area contributed by atoms with E-state index in [4.69, 9.17) is 5.11 Å². The lowest BCUT2D eigenvalue weighted by molar-refractivity contribution is -0.173. The van der Waals surface area contributed by atoms with E-state index in [1.54, 1.807) is 0 Å². The number of benzene rings is 1. The van der Waals surface area contributed by atoms with Crippen LogP contribution in [-0.2, 0) is 17.5 Å². The van der Waals surface area contributed by atoms with Crippen molar-refractivity contribution >= 4 is 11.9 Å². The second-order valence-corrected chi connectivity index (χ2v) is 3.86. The standard InChI is InChI=1S/C11H7F6NO3/c12-10(13,14)7-3-5(8(19)20)1-2-6(7)4-18-9(21)11(15,16)17/h1-3H,4H2,(H,18,21)(H,19,20). The maximum Gasteiger partial charge on any atom is 0.471 e. The molecule has 0 aliphatic carbocycles. The summed E-state index contributed by atoms with van der Waals surface area (Å²) in [6, 6.07) is 1.78. The van der Waals surface area contributed by atoms with E-state index in [2.05, 4.69) is 0 Å². The molecule has 1 rings (SSSR count). The van der Waals surface area contributed by atoms with Crippen molar-refractivity contribution in [3.63, 3.8) is 0 Å². The maximum atomic E-state index is 12.7. The Kier molecular flexibility index (Phi) is 4.49. The fourth-order valence-corrected chi connectivity index (χ4v) is 1.40. The number of hydrogen-bond donors (Lipinski definition) is 2. The van der Waals surface area contributed by atoms with Gasteiger partial charge in [0.15, 0.2) is 0 Å². The first-order valence-electron chi connectivity index (χ1n) is 5.21. The zero-order chi connectivity index (χ0) is 16.4. The summed E-state index contributed by atoms with van der Waals surface area (Å²) in [6.07, 6.45) is -10.2. The summed E-state index contributed by atoms with van der Waals surface area (Å²) in [5.74, 6) is -4.01. The quantitative estimate of drug-likeness (QED) is 0.843. The fourth-order valence-electron chi connectivity index (χ4n) is 1.40. The highest BCUT2D eigenvalue weighted by Crippen LogP contribution is 2.33. The third-order valence-corrected chi connectivity index (χ3v) is 2.36. The van der Waals surface area contributed by atoms with Crippen molar-refractivity contribution in [3.8, 4) is 0 Å². The van der Waals surface area contributed by atoms with Crippen molar-refractivity contribution in [2.75, 3.05) is 0 Å². The number of rotatable bonds is 3. The Labute approximate surface area is 113 Å². The van der Waals surface area contributed by atoms with Gasteiger partial charge in [0, 0.05) is 6.54 Å². The van der Waals surface area contributed by atoms with Crippen LogP contribution < -0.4 is 5.32 Å². The van der Waals surface area contributed by atoms with Gasteiger partial charge in [-0.3, -0.25) is 4.79 Å². The van der Waals surface area contributed by atoms with E-state index in [1.165, 1.54) is 5.32 Å². The molecule has 116 valence electrons. The van der Waals surface area contributed by atoms with Crippen LogP contribution in [-0.4, -0.2) is 23.2 Å². The molecule has 2 N–H and O–H groups in total. The lowest BCUT2D eigenvalue weighted by Gasteiger charge is -2.14. The van der Waals surface area contributed by atoms with Gasteiger partial charge >= 0.3 is 24.2 Å². The zero-order valence-corrected chi connectivity index (χ0v) is 9.97. The van der Waals surface area contributed by atoms with Crippen molar-refractivity contribution in [2.45, 2.75) is 18.9 Å². The highest BCUT2D eigenvalue weighted by molar-refractivity contribution is 5.88. The summed E-state index contributed by atoms with van der Waals surface area (Å²) in [5, 5.41) is 9.89. The smallest absolute Gasteiger partial charge is 0.471 e. The summed E-state index contributed by atoms with van der Waals surface area (Å²) in [5.41, 5.74) is -2.77. The summed E-state index contributed by atoms with van der Waals surface area (Å²) in [7, 11) is 0. The molecule has 0 atom stereocenters. The Morgan fingerprint density at radius 1 is 1.10 bits per heavy atom. The predicted molar refractivity (Wildman–Crippen MR) is 56.3 cm³/mol. The molecular weight excluding hydrogens is 308 g/mol. The Hall–Kier alpha value is -2.26. The third-order valence-electron chi connectivity index (χ3n) is 2.36. The fraction of sp³-hybridized carbons (Fsp3) is 0.273. The summed E-state index contributed by atoms with van der Waals surface area (Å²) in [6.45, 7) is -1.03. The summed E-state index contributed by atoms with van der Waals surface area (Å²) >= 11 is 0. The van der Waals surface area contributed by atoms with E-state index >= 15 is 0 Å². The van der Waals surface area contributed by atoms with Crippen LogP contribution in [0.1, 0.15) is 21.5 Å². The van der Waals surface area contributed by atoms with Crippen molar-refractivity contribution in [1.29, 1.82) is 0 Å². The molecule has 10 heteroatoms. The number of alkyl halides is 6. The number of carboxylic acid groups (broad SMARTS) is 1. The molecule has 0 saturated heterocycles. The van der Waals surface area contributed by atoms with Crippen LogP contribution in [0.2, 0.25) is 0 Å². The summed E-state index contributed by atoms with van der Waals surface area (Å²) < 4.78 is 74.0. The van der Waals surface area contributed by atoms with Gasteiger partial charge in [-0.1, -0.05) is 6.07 Å². The molecule has 21 heavy (non-hydrogen) atoms. The molecule has 0 aliphatic heterocycles. The molecule has 0 radical (unpaired) electrons. The van der Waals surface area contributed by atoms with Crippen LogP contribution in [0.25, 0.3) is 0 Å². The molecule has 0 saturated carbocycles. The lowest BCUT2D eigenvalue weighted by atomic mass is 10.0. The van der Waals surface area contributed by atoms with Crippen LogP contribution in [0.15, 0.2) is 18.2 Å². The Bertz CT molecular complexity index is 564. The second-order valence-electron chi connectivity index (χ2n) is 3.86. The van der Waals surface area contributed by atoms with E-state index < -0.39 is 47.5 Å². The van der Waals surface area contributed by atoms with Crippen LogP contribution in [0.3, 0.4) is 0 Å². The third kappa shape index (κ3) is 4.36. The maximum absolute atomic E-state index is 12.7. The molecule has 0 heterocycles. The molecule has 0 bridgehead atoms. The topological polar surface area (TPSA) is 66.4 Å². The van der Waals surface area contributed by atoms with Crippen LogP contribution in [0, 0.1) is 0 Å². The Morgan fingerprint density at radius 2 is 1.67 bits per heavy atom. The minimum absolute atomic E-state index is 0.289. The van der Waals surface area contributed by atoms with Gasteiger partial charge in [-0.25, -0.2) is 4.79 Å². The highest BCUT2D eigenvalue weighted by atomic mass is 19.4. The number of nitrogens with one attached hydrogen (secondary N) is 1. The Balaban J connectivity index is 3.07. The minimum atomic E-state index is -5.22. The Morgan fingerprint density at radius 3 is 2.10 bits per heavy atom. The van der Waals surface area contributed by atoms with Gasteiger partial charge in [0.2, 0.25) is 0 Å². The number of hydrogen-bond acceptors (Lipinski definition) is 2. The molecule has 0 spiro atoms. The van der Waals surface area contributed by atoms with E-state index in [1.807, 2.05) is 0 Å². The first kappa shape index (κ1) is 16.8. The molecule has 0 aromatic heterocycles. The molecule has 1 aromatic rings. The average Bonchev–Trinajstić information content (AvgIpc) is 2.33. The molecule has 0 aliphatic rings. The summed E-state index contributed by atoms with van der Waals surface area (Å²) in [4.78, 5) is 21.2. The minimum Gasteiger partial charge on any atom is -0.478 e. The van der Waals surface area contributed by atoms with Gasteiger partial charge in [0.25, 0.3) is 0 Å². The molecular formula is C11H7F6NO3. The first-order chi connectivity index (χ1) is 9.43. The van der Waals surface area contributed by atoms with E-state index in [0.29, 0.717) is 6.07 Å². The number of amides is 1. The van der Waals surface area contributed by atoms with Crippen molar-refractivity contribution < 1.29 is 41.0 Å². The number of carbonyl (C=O) groups excluding carboxylic acids is 1. The van der Waals surface area contributed by atoms with E-state index in [-0.39, 0.29) is 6.07 Å². The number of aromatic carboxylic acids is 1. The monoisotopic (exact) mass is 315 g/mol. The van der Waals surface area contributed by atoms with Crippen LogP contribution >= 0.6 is 0 Å². The van der Waals surface area contributed by atoms with Crippen molar-refractivity contribution in [3.05, 3.63) is 34.9 Å². The number of halogens is 6. The molecule has 0 fully saturated rings. The van der Waals surface area contributed by atoms with Gasteiger partial charge in [-0.2, -0.15) is 26.3 Å². The van der Waals surface area contributed by atoms with Gasteiger partial charge in [-0.05, 0) is 17.7 Å². The molecule has 1 amide bonds. The number of carboxylic acids is 1. The highest BCUT2D eigenvalue weighted by Gasteiger charge is 2.39. The normalized spacial score (nSPS) is 12.1.